The zero-order valence-corrected chi connectivity index (χ0v) is 39.6. The SMILES string of the molecule is NCCOCCOCCOCCOCCOCCOCCC(=O)N[C@@H](Cc1ccc2ccc3cccc4ccc1c2c34)C(=O)NCCOCCOCCOCCOCCOCCOCCC(N)=O. The summed E-state index contributed by atoms with van der Waals surface area (Å²) in [7, 11) is 0. The predicted molar refractivity (Wildman–Crippen MR) is 256 cm³/mol. The van der Waals surface area contributed by atoms with Crippen molar-refractivity contribution in [3.63, 3.8) is 0 Å². The van der Waals surface area contributed by atoms with Crippen molar-refractivity contribution in [2.24, 2.45) is 11.5 Å². The van der Waals surface area contributed by atoms with E-state index < -0.39 is 11.9 Å². The molecule has 380 valence electrons. The quantitative estimate of drug-likeness (QED) is 0.0367. The van der Waals surface area contributed by atoms with E-state index >= 15 is 0 Å². The van der Waals surface area contributed by atoms with Gasteiger partial charge in [0.2, 0.25) is 17.7 Å². The number of nitrogens with one attached hydrogen (secondary N) is 2. The number of rotatable bonds is 45. The molecule has 0 aliphatic rings. The largest absolute Gasteiger partial charge is 0.379 e. The molecule has 0 aromatic heterocycles. The number of carbonyl (C=O) groups excluding carboxylic acids is 3. The van der Waals surface area contributed by atoms with Crippen molar-refractivity contribution in [2.45, 2.75) is 25.3 Å². The van der Waals surface area contributed by atoms with Gasteiger partial charge >= 0.3 is 0 Å². The molecule has 6 N–H and O–H groups in total. The first-order valence-electron chi connectivity index (χ1n) is 23.6. The Hall–Kier alpha value is -4.19. The van der Waals surface area contributed by atoms with Crippen LogP contribution in [0.5, 0.6) is 0 Å². The summed E-state index contributed by atoms with van der Waals surface area (Å²) in [6, 6.07) is 18.0. The summed E-state index contributed by atoms with van der Waals surface area (Å²) in [6.07, 6.45) is 0.571. The fourth-order valence-corrected chi connectivity index (χ4v) is 6.86. The summed E-state index contributed by atoms with van der Waals surface area (Å²) in [4.78, 5) is 37.6. The van der Waals surface area contributed by atoms with Crippen molar-refractivity contribution < 1.29 is 71.2 Å². The molecular weight excluding hydrogens is 885 g/mol. The van der Waals surface area contributed by atoms with Gasteiger partial charge in [-0.15, -0.1) is 0 Å². The van der Waals surface area contributed by atoms with Gasteiger partial charge in [-0.1, -0.05) is 54.6 Å². The first-order valence-corrected chi connectivity index (χ1v) is 23.6. The van der Waals surface area contributed by atoms with Crippen molar-refractivity contribution in [2.75, 3.05) is 172 Å². The fraction of sp³-hybridized carbons (Fsp3) is 0.612. The van der Waals surface area contributed by atoms with Crippen LogP contribution < -0.4 is 22.1 Å². The van der Waals surface area contributed by atoms with Crippen molar-refractivity contribution in [1.29, 1.82) is 0 Å². The molecule has 0 spiro atoms. The van der Waals surface area contributed by atoms with Crippen LogP contribution in [-0.2, 0) is 77.6 Å². The van der Waals surface area contributed by atoms with Gasteiger partial charge in [0.1, 0.15) is 6.04 Å². The molecule has 0 bridgehead atoms. The van der Waals surface area contributed by atoms with E-state index in [1.807, 2.05) is 6.07 Å². The molecule has 0 fully saturated rings. The molecule has 0 heterocycles. The minimum Gasteiger partial charge on any atom is -0.379 e. The van der Waals surface area contributed by atoms with Crippen LogP contribution in [0.3, 0.4) is 0 Å². The van der Waals surface area contributed by atoms with Gasteiger partial charge in [0.05, 0.1) is 159 Å². The predicted octanol–water partition coefficient (Wildman–Crippen LogP) is 2.15. The van der Waals surface area contributed by atoms with Gasteiger partial charge < -0.3 is 78.9 Å². The van der Waals surface area contributed by atoms with Crippen molar-refractivity contribution in [3.8, 4) is 0 Å². The molecule has 19 nitrogen and oxygen atoms in total. The van der Waals surface area contributed by atoms with E-state index in [4.69, 9.17) is 68.3 Å². The maximum atomic E-state index is 13.7. The standard InChI is InChI=1S/C49H74N4O15/c50-12-16-59-20-24-63-28-32-67-36-34-66-31-27-62-23-19-58-15-11-46(55)53-44(38-42-7-6-41-5-4-39-2-1-3-40-8-9-43(42)48(41)47(39)40)49(56)52-13-17-60-21-25-64-29-33-68-37-35-65-30-26-61-22-18-57-14-10-45(51)54/h1-9,44H,10-38,50H2,(H2,51,54)(H,52,56)(H,53,55)/t44-/m0/s1. The second-order valence-corrected chi connectivity index (χ2v) is 15.3. The highest BCUT2D eigenvalue weighted by Gasteiger charge is 2.23. The van der Waals surface area contributed by atoms with Crippen LogP contribution >= 0.6 is 0 Å². The molecule has 0 aliphatic carbocycles. The summed E-state index contributed by atoms with van der Waals surface area (Å²) in [6.45, 7) is 10.5. The Labute approximate surface area is 399 Å². The molecule has 0 unspecified atom stereocenters. The highest BCUT2D eigenvalue weighted by Crippen LogP contribution is 2.36. The Morgan fingerprint density at radius 1 is 0.441 bits per heavy atom. The number of hydrogen-bond acceptors (Lipinski definition) is 16. The molecule has 0 saturated heterocycles. The highest BCUT2D eigenvalue weighted by atomic mass is 16.6. The van der Waals surface area contributed by atoms with Crippen LogP contribution in [0, 0.1) is 0 Å². The van der Waals surface area contributed by atoms with Crippen LogP contribution in [0.25, 0.3) is 32.3 Å². The Bertz CT molecular complexity index is 1930. The molecule has 0 saturated carbocycles. The zero-order chi connectivity index (χ0) is 48.1. The fourth-order valence-electron chi connectivity index (χ4n) is 6.86. The number of ether oxygens (including phenoxy) is 12. The van der Waals surface area contributed by atoms with Crippen LogP contribution in [0.15, 0.2) is 54.6 Å². The van der Waals surface area contributed by atoms with Gasteiger partial charge in [-0.05, 0) is 37.9 Å². The van der Waals surface area contributed by atoms with Crippen LogP contribution in [-0.4, -0.2) is 195 Å². The van der Waals surface area contributed by atoms with E-state index in [0.717, 1.165) is 32.5 Å². The number of hydrogen-bond donors (Lipinski definition) is 4. The summed E-state index contributed by atoms with van der Waals surface area (Å²) < 4.78 is 65.8. The lowest BCUT2D eigenvalue weighted by Crippen LogP contribution is -2.48. The van der Waals surface area contributed by atoms with Gasteiger partial charge in [0.25, 0.3) is 0 Å². The molecule has 0 radical (unpaired) electrons. The van der Waals surface area contributed by atoms with E-state index in [1.165, 1.54) is 5.39 Å². The molecule has 4 rings (SSSR count). The first-order chi connectivity index (χ1) is 33.5. The molecule has 68 heavy (non-hydrogen) atoms. The average molecular weight is 959 g/mol. The highest BCUT2D eigenvalue weighted by molar-refractivity contribution is 6.23. The van der Waals surface area contributed by atoms with Crippen LogP contribution in [0.4, 0.5) is 0 Å². The zero-order valence-electron chi connectivity index (χ0n) is 39.6. The van der Waals surface area contributed by atoms with E-state index in [2.05, 4.69) is 59.2 Å². The van der Waals surface area contributed by atoms with Crippen LogP contribution in [0.2, 0.25) is 0 Å². The Kier molecular flexibility index (Phi) is 30.5. The smallest absolute Gasteiger partial charge is 0.243 e. The first kappa shape index (κ1) is 56.4. The van der Waals surface area contributed by atoms with E-state index in [0.29, 0.717) is 158 Å². The molecule has 4 aromatic rings. The summed E-state index contributed by atoms with van der Waals surface area (Å²) in [5, 5.41) is 12.7. The number of primary amides is 1. The lowest BCUT2D eigenvalue weighted by Gasteiger charge is -2.21. The Morgan fingerprint density at radius 2 is 0.824 bits per heavy atom. The molecule has 3 amide bonds. The summed E-state index contributed by atoms with van der Waals surface area (Å²) in [5.41, 5.74) is 11.4. The van der Waals surface area contributed by atoms with Gasteiger partial charge in [-0.25, -0.2) is 0 Å². The molecule has 1 atom stereocenters. The molecule has 19 heteroatoms. The normalized spacial score (nSPS) is 12.1. The third-order valence-electron chi connectivity index (χ3n) is 10.2. The van der Waals surface area contributed by atoms with Crippen molar-refractivity contribution in [3.05, 3.63) is 60.2 Å². The van der Waals surface area contributed by atoms with Gasteiger partial charge in [-0.3, -0.25) is 14.4 Å². The minimum absolute atomic E-state index is 0.0792. The monoisotopic (exact) mass is 959 g/mol. The number of nitrogens with two attached hydrogens (primary N) is 2. The third kappa shape index (κ3) is 23.9. The van der Waals surface area contributed by atoms with Crippen LogP contribution in [0.1, 0.15) is 18.4 Å². The van der Waals surface area contributed by atoms with E-state index in [9.17, 15) is 14.4 Å². The molecule has 4 aromatic carbocycles. The average Bonchev–Trinajstić information content (AvgIpc) is 3.34. The summed E-state index contributed by atoms with van der Waals surface area (Å²) in [5.74, 6) is -0.994. The molecular formula is C49H74N4O15. The topological polar surface area (TPSA) is 238 Å². The number of benzene rings is 4. The molecule has 0 aliphatic heterocycles. The lowest BCUT2D eigenvalue weighted by molar-refractivity contribution is -0.129. The second-order valence-electron chi connectivity index (χ2n) is 15.3. The number of amides is 3. The van der Waals surface area contributed by atoms with E-state index in [1.54, 1.807) is 0 Å². The second kappa shape index (κ2) is 36.7. The lowest BCUT2D eigenvalue weighted by atomic mass is 9.90. The van der Waals surface area contributed by atoms with E-state index in [-0.39, 0.29) is 44.4 Å². The third-order valence-corrected chi connectivity index (χ3v) is 10.2. The summed E-state index contributed by atoms with van der Waals surface area (Å²) >= 11 is 0. The van der Waals surface area contributed by atoms with Crippen molar-refractivity contribution >= 4 is 50.0 Å². The minimum atomic E-state index is -0.830. The number of carbonyl (C=O) groups is 3. The maximum absolute atomic E-state index is 13.7. The van der Waals surface area contributed by atoms with Crippen molar-refractivity contribution in [1.82, 2.24) is 10.6 Å². The maximum Gasteiger partial charge on any atom is 0.243 e. The van der Waals surface area contributed by atoms with Gasteiger partial charge in [0, 0.05) is 32.4 Å². The van der Waals surface area contributed by atoms with Gasteiger partial charge in [-0.2, -0.15) is 0 Å². The Morgan fingerprint density at radius 3 is 1.28 bits per heavy atom. The Balaban J connectivity index is 1.08. The van der Waals surface area contributed by atoms with Gasteiger partial charge in [0.15, 0.2) is 0 Å².